The monoisotopic (exact) mass is 200 g/mol. The first kappa shape index (κ1) is 15.1. The SMILES string of the molecule is C=C(F)/C=C(C)/C(C)=C/C(=O)O.CC. The van der Waals surface area contributed by atoms with Crippen molar-refractivity contribution in [1.29, 1.82) is 0 Å². The van der Waals surface area contributed by atoms with E-state index in [1.165, 1.54) is 6.08 Å². The van der Waals surface area contributed by atoms with Crippen molar-refractivity contribution in [2.24, 2.45) is 0 Å². The second-order valence-electron chi connectivity index (χ2n) is 2.44. The van der Waals surface area contributed by atoms with E-state index in [1.807, 2.05) is 13.8 Å². The number of hydrogen-bond donors (Lipinski definition) is 1. The highest BCUT2D eigenvalue weighted by Gasteiger charge is 1.96. The maximum absolute atomic E-state index is 12.2. The van der Waals surface area contributed by atoms with Gasteiger partial charge in [0.2, 0.25) is 0 Å². The van der Waals surface area contributed by atoms with Crippen molar-refractivity contribution >= 4 is 5.97 Å². The molecule has 0 aliphatic rings. The summed E-state index contributed by atoms with van der Waals surface area (Å²) in [5.74, 6) is -1.62. The Bertz CT molecular complexity index is 234. The molecule has 0 aliphatic heterocycles. The highest BCUT2D eigenvalue weighted by Crippen LogP contribution is 2.10. The highest BCUT2D eigenvalue weighted by molar-refractivity contribution is 5.81. The van der Waals surface area contributed by atoms with Crippen LogP contribution in [0.5, 0.6) is 0 Å². The molecule has 0 spiro atoms. The maximum Gasteiger partial charge on any atom is 0.328 e. The normalized spacial score (nSPS) is 11.5. The quantitative estimate of drug-likeness (QED) is 0.559. The van der Waals surface area contributed by atoms with Crippen LogP contribution >= 0.6 is 0 Å². The number of hydrogen-bond acceptors (Lipinski definition) is 1. The van der Waals surface area contributed by atoms with Crippen molar-refractivity contribution in [3.63, 3.8) is 0 Å². The van der Waals surface area contributed by atoms with E-state index in [1.54, 1.807) is 13.8 Å². The minimum atomic E-state index is -1.04. The number of carboxylic acid groups (broad SMARTS) is 1. The lowest BCUT2D eigenvalue weighted by atomic mass is 10.1. The number of halogens is 1. The molecular formula is C11H17FO2. The van der Waals surface area contributed by atoms with Crippen LogP contribution in [0.25, 0.3) is 0 Å². The van der Waals surface area contributed by atoms with E-state index in [-0.39, 0.29) is 0 Å². The van der Waals surface area contributed by atoms with Gasteiger partial charge in [0.25, 0.3) is 0 Å². The molecule has 0 aromatic heterocycles. The van der Waals surface area contributed by atoms with Crippen LogP contribution in [-0.4, -0.2) is 11.1 Å². The fraction of sp³-hybridized carbons (Fsp3) is 0.364. The van der Waals surface area contributed by atoms with Crippen molar-refractivity contribution < 1.29 is 14.3 Å². The third-order valence-electron chi connectivity index (χ3n) is 1.34. The lowest BCUT2D eigenvalue weighted by Crippen LogP contribution is -1.90. The molecule has 0 atom stereocenters. The van der Waals surface area contributed by atoms with Crippen LogP contribution in [0, 0.1) is 0 Å². The van der Waals surface area contributed by atoms with Gasteiger partial charge in [0, 0.05) is 6.08 Å². The molecule has 0 amide bonds. The van der Waals surface area contributed by atoms with Crippen LogP contribution in [-0.2, 0) is 4.79 Å². The molecule has 0 heterocycles. The van der Waals surface area contributed by atoms with Crippen LogP contribution in [0.4, 0.5) is 4.39 Å². The number of aliphatic carboxylic acids is 1. The Balaban J connectivity index is 0. The summed E-state index contributed by atoms with van der Waals surface area (Å²) in [7, 11) is 0. The number of carbonyl (C=O) groups is 1. The molecule has 0 unspecified atom stereocenters. The molecule has 2 nitrogen and oxygen atoms in total. The lowest BCUT2D eigenvalue weighted by molar-refractivity contribution is -0.131. The van der Waals surface area contributed by atoms with E-state index in [0.717, 1.165) is 6.08 Å². The summed E-state index contributed by atoms with van der Waals surface area (Å²) in [4.78, 5) is 10.2. The van der Waals surface area contributed by atoms with Gasteiger partial charge in [-0.3, -0.25) is 0 Å². The van der Waals surface area contributed by atoms with Crippen LogP contribution in [0.15, 0.2) is 35.7 Å². The van der Waals surface area contributed by atoms with Gasteiger partial charge in [-0.2, -0.15) is 0 Å². The van der Waals surface area contributed by atoms with Gasteiger partial charge in [-0.05, 0) is 31.1 Å². The molecule has 80 valence electrons. The predicted molar refractivity (Wildman–Crippen MR) is 56.7 cm³/mol. The zero-order valence-corrected chi connectivity index (χ0v) is 9.10. The molecule has 0 saturated carbocycles. The van der Waals surface area contributed by atoms with Crippen LogP contribution in [0.1, 0.15) is 27.7 Å². The molecular weight excluding hydrogens is 183 g/mol. The summed E-state index contributed by atoms with van der Waals surface area (Å²) in [5, 5.41) is 8.35. The Morgan fingerprint density at radius 1 is 1.21 bits per heavy atom. The van der Waals surface area contributed by atoms with Gasteiger partial charge in [-0.1, -0.05) is 20.4 Å². The first-order valence-electron chi connectivity index (χ1n) is 4.37. The molecule has 0 saturated heterocycles. The summed E-state index contributed by atoms with van der Waals surface area (Å²) >= 11 is 0. The second kappa shape index (κ2) is 8.23. The predicted octanol–water partition coefficient (Wildman–Crippen LogP) is 3.47. The first-order valence-corrected chi connectivity index (χ1v) is 4.37. The van der Waals surface area contributed by atoms with E-state index in [0.29, 0.717) is 11.1 Å². The van der Waals surface area contributed by atoms with Gasteiger partial charge < -0.3 is 5.11 Å². The second-order valence-corrected chi connectivity index (χ2v) is 2.44. The minimum absolute atomic E-state index is 0.515. The van der Waals surface area contributed by atoms with Crippen LogP contribution < -0.4 is 0 Å². The van der Waals surface area contributed by atoms with Gasteiger partial charge in [0.15, 0.2) is 0 Å². The Hall–Kier alpha value is -1.38. The first-order chi connectivity index (χ1) is 6.43. The van der Waals surface area contributed by atoms with Crippen molar-refractivity contribution in [2.75, 3.05) is 0 Å². The molecule has 0 aromatic rings. The zero-order valence-electron chi connectivity index (χ0n) is 9.10. The Labute approximate surface area is 84.4 Å². The average Bonchev–Trinajstić information content (AvgIpc) is 2.05. The van der Waals surface area contributed by atoms with E-state index in [4.69, 9.17) is 5.11 Å². The van der Waals surface area contributed by atoms with Crippen LogP contribution in [0.3, 0.4) is 0 Å². The third-order valence-corrected chi connectivity index (χ3v) is 1.34. The summed E-state index contributed by atoms with van der Waals surface area (Å²) in [6.45, 7) is 10.3. The van der Waals surface area contributed by atoms with E-state index < -0.39 is 11.8 Å². The summed E-state index contributed by atoms with van der Waals surface area (Å²) in [5.41, 5.74) is 1.08. The Morgan fingerprint density at radius 3 is 1.86 bits per heavy atom. The van der Waals surface area contributed by atoms with E-state index in [2.05, 4.69) is 6.58 Å². The van der Waals surface area contributed by atoms with Gasteiger partial charge in [-0.15, -0.1) is 0 Å². The van der Waals surface area contributed by atoms with Crippen molar-refractivity contribution in [3.05, 3.63) is 35.7 Å². The van der Waals surface area contributed by atoms with Crippen molar-refractivity contribution in [2.45, 2.75) is 27.7 Å². The van der Waals surface area contributed by atoms with Gasteiger partial charge in [0.1, 0.15) is 5.83 Å². The van der Waals surface area contributed by atoms with Crippen molar-refractivity contribution in [1.82, 2.24) is 0 Å². The molecule has 3 heteroatoms. The molecule has 0 aliphatic carbocycles. The largest absolute Gasteiger partial charge is 0.478 e. The third kappa shape index (κ3) is 8.71. The molecule has 0 rings (SSSR count). The Kier molecular flexibility index (Phi) is 8.88. The van der Waals surface area contributed by atoms with Crippen molar-refractivity contribution in [3.8, 4) is 0 Å². The molecule has 0 fully saturated rings. The zero-order chi connectivity index (χ0) is 11.7. The fourth-order valence-electron chi connectivity index (χ4n) is 0.648. The number of rotatable bonds is 3. The maximum atomic E-state index is 12.2. The number of allylic oxidation sites excluding steroid dienone is 4. The smallest absolute Gasteiger partial charge is 0.328 e. The molecule has 14 heavy (non-hydrogen) atoms. The number of carboxylic acids is 1. The van der Waals surface area contributed by atoms with E-state index >= 15 is 0 Å². The standard InChI is InChI=1S/C9H11FO2.C2H6/c1-6(4-8(3)10)7(2)5-9(11)12;1-2/h4-5H,3H2,1-2H3,(H,11,12);1-2H3/b6-4+,7-5+;. The minimum Gasteiger partial charge on any atom is -0.478 e. The molecule has 1 N–H and O–H groups in total. The summed E-state index contributed by atoms with van der Waals surface area (Å²) in [6.07, 6.45) is 2.21. The van der Waals surface area contributed by atoms with Crippen LogP contribution in [0.2, 0.25) is 0 Å². The van der Waals surface area contributed by atoms with E-state index in [9.17, 15) is 9.18 Å². The molecule has 0 radical (unpaired) electrons. The lowest BCUT2D eigenvalue weighted by Gasteiger charge is -1.97. The molecule has 0 bridgehead atoms. The topological polar surface area (TPSA) is 37.3 Å². The van der Waals surface area contributed by atoms with Gasteiger partial charge >= 0.3 is 5.97 Å². The van der Waals surface area contributed by atoms with Gasteiger partial charge in [-0.25, -0.2) is 9.18 Å². The van der Waals surface area contributed by atoms with Gasteiger partial charge in [0.05, 0.1) is 0 Å². The Morgan fingerprint density at radius 2 is 1.57 bits per heavy atom. The fourth-order valence-corrected chi connectivity index (χ4v) is 0.648. The molecule has 0 aromatic carbocycles. The summed E-state index contributed by atoms with van der Waals surface area (Å²) < 4.78 is 12.2. The summed E-state index contributed by atoms with van der Waals surface area (Å²) in [6, 6.07) is 0. The average molecular weight is 200 g/mol. The highest BCUT2D eigenvalue weighted by atomic mass is 19.1.